The highest BCUT2D eigenvalue weighted by atomic mass is 32.1. The Kier molecular flexibility index (Phi) is 4.57. The van der Waals surface area contributed by atoms with E-state index >= 15 is 0 Å². The average Bonchev–Trinajstić information content (AvgIpc) is 3.06. The molecule has 0 radical (unpaired) electrons. The lowest BCUT2D eigenvalue weighted by atomic mass is 9.96. The molecule has 0 saturated carbocycles. The molecule has 2 aliphatic heterocycles. The van der Waals surface area contributed by atoms with Crippen molar-refractivity contribution in [2.45, 2.75) is 44.8 Å². The molecule has 116 valence electrons. The summed E-state index contributed by atoms with van der Waals surface area (Å²) in [5.41, 5.74) is 1.03. The van der Waals surface area contributed by atoms with Gasteiger partial charge in [0.25, 0.3) is 0 Å². The van der Waals surface area contributed by atoms with Crippen LogP contribution >= 0.6 is 11.3 Å². The Morgan fingerprint density at radius 1 is 1.43 bits per heavy atom. The number of amides is 1. The summed E-state index contributed by atoms with van der Waals surface area (Å²) in [7, 11) is 1.74. The van der Waals surface area contributed by atoms with Crippen molar-refractivity contribution >= 4 is 17.2 Å². The predicted octanol–water partition coefficient (Wildman–Crippen LogP) is 1.66. The molecule has 0 aromatic carbocycles. The molecule has 0 N–H and O–H groups in total. The number of fused-ring (bicyclic) bond motifs is 1. The predicted molar refractivity (Wildman–Crippen MR) is 82.3 cm³/mol. The van der Waals surface area contributed by atoms with Crippen LogP contribution in [-0.4, -0.2) is 59.6 Å². The first-order valence-corrected chi connectivity index (χ1v) is 8.50. The zero-order valence-electron chi connectivity index (χ0n) is 12.7. The van der Waals surface area contributed by atoms with Crippen LogP contribution in [0.1, 0.15) is 30.0 Å². The second-order valence-corrected chi connectivity index (χ2v) is 6.93. The Morgan fingerprint density at radius 2 is 2.29 bits per heavy atom. The van der Waals surface area contributed by atoms with Crippen LogP contribution in [0, 0.1) is 6.92 Å². The second-order valence-electron chi connectivity index (χ2n) is 5.87. The summed E-state index contributed by atoms with van der Waals surface area (Å²) >= 11 is 1.66. The molecule has 2 fully saturated rings. The fraction of sp³-hybridized carbons (Fsp3) is 0.733. The van der Waals surface area contributed by atoms with Crippen LogP contribution in [0.25, 0.3) is 0 Å². The van der Waals surface area contributed by atoms with Crippen molar-refractivity contribution in [3.8, 4) is 0 Å². The summed E-state index contributed by atoms with van der Waals surface area (Å²) in [6, 6.07) is 0.850. The molecule has 1 aromatic rings. The van der Waals surface area contributed by atoms with E-state index in [9.17, 15) is 4.79 Å². The van der Waals surface area contributed by atoms with Crippen LogP contribution in [0.3, 0.4) is 0 Å². The SMILES string of the molecule is COCCN1CC[C@H]2[C@@H]1CCC(=O)N2Cc1csc(C)n1. The molecule has 3 heterocycles. The van der Waals surface area contributed by atoms with Crippen LogP contribution < -0.4 is 0 Å². The molecule has 0 bridgehead atoms. The van der Waals surface area contributed by atoms with E-state index in [1.807, 2.05) is 6.92 Å². The third-order valence-corrected chi connectivity index (χ3v) is 5.40. The summed E-state index contributed by atoms with van der Waals surface area (Å²) < 4.78 is 5.20. The normalized spacial score (nSPS) is 26.4. The lowest BCUT2D eigenvalue weighted by molar-refractivity contribution is -0.138. The molecule has 6 heteroatoms. The van der Waals surface area contributed by atoms with Gasteiger partial charge in [0.1, 0.15) is 0 Å². The summed E-state index contributed by atoms with van der Waals surface area (Å²) in [5.74, 6) is 0.287. The number of piperidine rings is 1. The average molecular weight is 309 g/mol. The van der Waals surface area contributed by atoms with Gasteiger partial charge in [-0.2, -0.15) is 0 Å². The van der Waals surface area contributed by atoms with Gasteiger partial charge in [-0.1, -0.05) is 0 Å². The van der Waals surface area contributed by atoms with Crippen molar-refractivity contribution in [2.24, 2.45) is 0 Å². The van der Waals surface area contributed by atoms with E-state index in [0.29, 0.717) is 25.0 Å². The maximum absolute atomic E-state index is 12.3. The lowest BCUT2D eigenvalue weighted by Crippen LogP contribution is -2.52. The quantitative estimate of drug-likeness (QED) is 0.830. The first kappa shape index (κ1) is 14.9. The number of rotatable bonds is 5. The van der Waals surface area contributed by atoms with Gasteiger partial charge in [0.2, 0.25) is 5.91 Å². The smallest absolute Gasteiger partial charge is 0.223 e. The van der Waals surface area contributed by atoms with Gasteiger partial charge in [-0.25, -0.2) is 4.98 Å². The van der Waals surface area contributed by atoms with E-state index in [0.717, 1.165) is 43.2 Å². The number of likely N-dealkylation sites (tertiary alicyclic amines) is 2. The van der Waals surface area contributed by atoms with Crippen LogP contribution in [0.2, 0.25) is 0 Å². The van der Waals surface area contributed by atoms with E-state index in [-0.39, 0.29) is 5.91 Å². The number of ether oxygens (including phenoxy) is 1. The highest BCUT2D eigenvalue weighted by Gasteiger charge is 2.42. The van der Waals surface area contributed by atoms with Crippen molar-refractivity contribution in [1.29, 1.82) is 0 Å². The number of carbonyl (C=O) groups excluding carboxylic acids is 1. The van der Waals surface area contributed by atoms with E-state index in [2.05, 4.69) is 20.2 Å². The van der Waals surface area contributed by atoms with Crippen LogP contribution in [0.5, 0.6) is 0 Å². The zero-order valence-corrected chi connectivity index (χ0v) is 13.6. The van der Waals surface area contributed by atoms with E-state index in [1.54, 1.807) is 18.4 Å². The molecule has 1 aromatic heterocycles. The Morgan fingerprint density at radius 3 is 3.00 bits per heavy atom. The van der Waals surface area contributed by atoms with Crippen molar-refractivity contribution in [2.75, 3.05) is 26.8 Å². The van der Waals surface area contributed by atoms with E-state index in [4.69, 9.17) is 4.74 Å². The number of methoxy groups -OCH3 is 1. The molecule has 0 unspecified atom stereocenters. The van der Waals surface area contributed by atoms with Crippen LogP contribution in [0.4, 0.5) is 0 Å². The van der Waals surface area contributed by atoms with Crippen molar-refractivity contribution in [3.63, 3.8) is 0 Å². The largest absolute Gasteiger partial charge is 0.383 e. The molecule has 2 atom stereocenters. The molecule has 1 amide bonds. The maximum atomic E-state index is 12.3. The summed E-state index contributed by atoms with van der Waals surface area (Å²) in [6.45, 7) is 5.48. The van der Waals surface area contributed by atoms with Gasteiger partial charge in [0, 0.05) is 44.1 Å². The fourth-order valence-corrected chi connectivity index (χ4v) is 4.19. The Hall–Kier alpha value is -0.980. The number of aromatic nitrogens is 1. The molecule has 21 heavy (non-hydrogen) atoms. The molecule has 2 aliphatic rings. The molecule has 5 nitrogen and oxygen atoms in total. The van der Waals surface area contributed by atoms with Gasteiger partial charge < -0.3 is 9.64 Å². The molecular weight excluding hydrogens is 286 g/mol. The number of hydrogen-bond donors (Lipinski definition) is 0. The van der Waals surface area contributed by atoms with Gasteiger partial charge >= 0.3 is 0 Å². The number of aryl methyl sites for hydroxylation is 1. The minimum atomic E-state index is 0.287. The standard InChI is InChI=1S/C15H23N3O2S/c1-11-16-12(10-21-11)9-18-14-5-6-17(7-8-20-2)13(14)3-4-15(18)19/h10,13-14H,3-9H2,1-2H3/t13-,14-/m0/s1. The van der Waals surface area contributed by atoms with Gasteiger partial charge in [0.05, 0.1) is 23.9 Å². The monoisotopic (exact) mass is 309 g/mol. The fourth-order valence-electron chi connectivity index (χ4n) is 3.59. The van der Waals surface area contributed by atoms with Crippen LogP contribution in [-0.2, 0) is 16.1 Å². The Balaban J connectivity index is 1.69. The highest BCUT2D eigenvalue weighted by molar-refractivity contribution is 7.09. The second kappa shape index (κ2) is 6.42. The molecule has 0 spiro atoms. The molecule has 0 aliphatic carbocycles. The van der Waals surface area contributed by atoms with Gasteiger partial charge in [-0.3, -0.25) is 9.69 Å². The minimum absolute atomic E-state index is 0.287. The number of nitrogens with zero attached hydrogens (tertiary/aromatic N) is 3. The zero-order chi connectivity index (χ0) is 14.8. The van der Waals surface area contributed by atoms with Gasteiger partial charge in [-0.15, -0.1) is 11.3 Å². The van der Waals surface area contributed by atoms with Crippen LogP contribution in [0.15, 0.2) is 5.38 Å². The Bertz CT molecular complexity index is 505. The summed E-state index contributed by atoms with van der Waals surface area (Å²) in [4.78, 5) is 21.4. The lowest BCUT2D eigenvalue weighted by Gasteiger charge is -2.39. The first-order valence-electron chi connectivity index (χ1n) is 7.62. The summed E-state index contributed by atoms with van der Waals surface area (Å²) in [5, 5.41) is 3.14. The third-order valence-electron chi connectivity index (χ3n) is 4.58. The number of carbonyl (C=O) groups is 1. The third kappa shape index (κ3) is 3.12. The molecule has 2 saturated heterocycles. The van der Waals surface area contributed by atoms with E-state index in [1.165, 1.54) is 0 Å². The minimum Gasteiger partial charge on any atom is -0.383 e. The van der Waals surface area contributed by atoms with Gasteiger partial charge in [-0.05, 0) is 19.8 Å². The molecule has 3 rings (SSSR count). The van der Waals surface area contributed by atoms with Crippen molar-refractivity contribution < 1.29 is 9.53 Å². The van der Waals surface area contributed by atoms with Crippen molar-refractivity contribution in [3.05, 3.63) is 16.1 Å². The first-order chi connectivity index (χ1) is 10.2. The van der Waals surface area contributed by atoms with E-state index < -0.39 is 0 Å². The highest BCUT2D eigenvalue weighted by Crippen LogP contribution is 2.32. The molecular formula is C15H23N3O2S. The summed E-state index contributed by atoms with van der Waals surface area (Å²) in [6.07, 6.45) is 2.72. The van der Waals surface area contributed by atoms with Gasteiger partial charge in [0.15, 0.2) is 0 Å². The topological polar surface area (TPSA) is 45.7 Å². The Labute approximate surface area is 129 Å². The number of hydrogen-bond acceptors (Lipinski definition) is 5. The number of thiazole rings is 1. The maximum Gasteiger partial charge on any atom is 0.223 e. The van der Waals surface area contributed by atoms with Crippen molar-refractivity contribution in [1.82, 2.24) is 14.8 Å².